The Balaban J connectivity index is 2.14. The lowest BCUT2D eigenvalue weighted by Crippen LogP contribution is -2.11. The first-order chi connectivity index (χ1) is 15.0. The maximum atomic E-state index is 13.0. The Morgan fingerprint density at radius 3 is 1.97 bits per heavy atom. The predicted molar refractivity (Wildman–Crippen MR) is 120 cm³/mol. The molecule has 164 valence electrons. The number of hydrogen-bond donors (Lipinski definition) is 0. The molecule has 0 radical (unpaired) electrons. The van der Waals surface area contributed by atoms with Gasteiger partial charge < -0.3 is 23.7 Å². The van der Waals surface area contributed by atoms with Crippen molar-refractivity contribution in [2.75, 3.05) is 26.9 Å². The zero-order chi connectivity index (χ0) is 22.4. The lowest BCUT2D eigenvalue weighted by Gasteiger charge is -2.20. The number of esters is 1. The molecule has 31 heavy (non-hydrogen) atoms. The molecule has 6 nitrogen and oxygen atoms in total. The van der Waals surface area contributed by atoms with Crippen molar-refractivity contribution in [1.29, 1.82) is 0 Å². The summed E-state index contributed by atoms with van der Waals surface area (Å²) in [6, 6.07) is 12.0. The molecular formula is C24H25ClO6. The molecule has 3 rings (SSSR count). The quantitative estimate of drug-likeness (QED) is 0.301. The first-order valence-electron chi connectivity index (χ1n) is 10.1. The van der Waals surface area contributed by atoms with Crippen LogP contribution in [0.15, 0.2) is 42.5 Å². The van der Waals surface area contributed by atoms with Crippen LogP contribution in [0.1, 0.15) is 31.1 Å². The molecule has 0 saturated heterocycles. The summed E-state index contributed by atoms with van der Waals surface area (Å²) in [5.74, 6) is 1.51. The van der Waals surface area contributed by atoms with Gasteiger partial charge in [-0.05, 0) is 63.2 Å². The van der Waals surface area contributed by atoms with Gasteiger partial charge in [0.1, 0.15) is 5.75 Å². The molecule has 0 atom stereocenters. The summed E-state index contributed by atoms with van der Waals surface area (Å²) in [4.78, 5) is 13.0. The van der Waals surface area contributed by atoms with Gasteiger partial charge in [0.15, 0.2) is 11.5 Å². The number of ether oxygens (including phenoxy) is 5. The van der Waals surface area contributed by atoms with E-state index in [1.807, 2.05) is 20.8 Å². The average Bonchev–Trinajstić information content (AvgIpc) is 2.77. The highest BCUT2D eigenvalue weighted by Crippen LogP contribution is 2.51. The third-order valence-electron chi connectivity index (χ3n) is 4.47. The lowest BCUT2D eigenvalue weighted by atomic mass is 10.1. The Morgan fingerprint density at radius 1 is 0.774 bits per heavy atom. The maximum absolute atomic E-state index is 13.0. The first-order valence-corrected chi connectivity index (χ1v) is 10.5. The van der Waals surface area contributed by atoms with Gasteiger partial charge in [-0.25, -0.2) is 4.79 Å². The van der Waals surface area contributed by atoms with Gasteiger partial charge >= 0.3 is 5.97 Å². The van der Waals surface area contributed by atoms with Crippen molar-refractivity contribution in [2.24, 2.45) is 0 Å². The smallest absolute Gasteiger partial charge is 0.343 e. The number of fused-ring (bicyclic) bond motifs is 1. The number of carbonyl (C=O) groups excluding carboxylic acids is 1. The second-order valence-electron chi connectivity index (χ2n) is 6.42. The van der Waals surface area contributed by atoms with E-state index in [1.165, 1.54) is 0 Å². The van der Waals surface area contributed by atoms with E-state index >= 15 is 0 Å². The van der Waals surface area contributed by atoms with Crippen LogP contribution in [0.3, 0.4) is 0 Å². The van der Waals surface area contributed by atoms with E-state index in [9.17, 15) is 4.79 Å². The van der Waals surface area contributed by atoms with Crippen LogP contribution in [0.5, 0.6) is 28.7 Å². The highest BCUT2D eigenvalue weighted by Gasteiger charge is 2.26. The molecule has 0 spiro atoms. The molecular weight excluding hydrogens is 420 g/mol. The third-order valence-corrected chi connectivity index (χ3v) is 4.70. The van der Waals surface area contributed by atoms with Crippen LogP contribution >= 0.6 is 11.6 Å². The second kappa shape index (κ2) is 10.3. The van der Waals surface area contributed by atoms with Gasteiger partial charge in [-0.1, -0.05) is 11.6 Å². The summed E-state index contributed by atoms with van der Waals surface area (Å²) in [7, 11) is 1.54. The van der Waals surface area contributed by atoms with Crippen LogP contribution in [0.2, 0.25) is 5.02 Å². The van der Waals surface area contributed by atoms with Crippen LogP contribution in [-0.2, 0) is 0 Å². The van der Waals surface area contributed by atoms with Crippen molar-refractivity contribution in [3.63, 3.8) is 0 Å². The van der Waals surface area contributed by atoms with Gasteiger partial charge in [0.2, 0.25) is 11.5 Å². The van der Waals surface area contributed by atoms with Gasteiger partial charge in [0, 0.05) is 15.8 Å². The Hall–Kier alpha value is -3.12. The Labute approximate surface area is 186 Å². The molecule has 0 saturated carbocycles. The highest BCUT2D eigenvalue weighted by atomic mass is 35.5. The minimum atomic E-state index is -0.534. The number of carbonyl (C=O) groups is 1. The van der Waals surface area contributed by atoms with E-state index in [0.717, 1.165) is 0 Å². The van der Waals surface area contributed by atoms with E-state index in [2.05, 4.69) is 0 Å². The van der Waals surface area contributed by atoms with Crippen molar-refractivity contribution in [3.05, 3.63) is 53.1 Å². The van der Waals surface area contributed by atoms with Crippen LogP contribution in [-0.4, -0.2) is 32.9 Å². The van der Waals surface area contributed by atoms with Gasteiger partial charge in [0.05, 0.1) is 32.5 Å². The predicted octanol–water partition coefficient (Wildman–Crippen LogP) is 5.92. The molecule has 0 aliphatic heterocycles. The summed E-state index contributed by atoms with van der Waals surface area (Å²) in [5, 5.41) is 1.78. The molecule has 0 aromatic heterocycles. The van der Waals surface area contributed by atoms with E-state index in [0.29, 0.717) is 64.2 Å². The molecule has 7 heteroatoms. The van der Waals surface area contributed by atoms with E-state index in [-0.39, 0.29) is 5.75 Å². The zero-order valence-corrected chi connectivity index (χ0v) is 18.7. The Kier molecular flexibility index (Phi) is 7.47. The highest BCUT2D eigenvalue weighted by molar-refractivity contribution is 6.31. The van der Waals surface area contributed by atoms with Crippen LogP contribution < -0.4 is 23.7 Å². The summed E-state index contributed by atoms with van der Waals surface area (Å²) in [5.41, 5.74) is 0.377. The van der Waals surface area contributed by atoms with E-state index in [1.54, 1.807) is 49.6 Å². The summed E-state index contributed by atoms with van der Waals surface area (Å²) < 4.78 is 28.6. The molecule has 0 unspecified atom stereocenters. The summed E-state index contributed by atoms with van der Waals surface area (Å²) in [6.07, 6.45) is 0. The number of rotatable bonds is 9. The molecule has 0 amide bonds. The topological polar surface area (TPSA) is 63.2 Å². The van der Waals surface area contributed by atoms with Crippen LogP contribution in [0.4, 0.5) is 0 Å². The Bertz CT molecular complexity index is 1060. The molecule has 3 aromatic rings. The minimum absolute atomic E-state index is 0.247. The summed E-state index contributed by atoms with van der Waals surface area (Å²) >= 11 is 6.23. The molecule has 0 aliphatic rings. The van der Waals surface area contributed by atoms with E-state index in [4.69, 9.17) is 35.3 Å². The number of hydrogen-bond acceptors (Lipinski definition) is 6. The van der Waals surface area contributed by atoms with Gasteiger partial charge in [-0.2, -0.15) is 0 Å². The minimum Gasteiger partial charge on any atom is -0.494 e. The van der Waals surface area contributed by atoms with Gasteiger partial charge in [-0.3, -0.25) is 0 Å². The lowest BCUT2D eigenvalue weighted by molar-refractivity contribution is 0.0730. The molecule has 0 fully saturated rings. The van der Waals surface area contributed by atoms with Crippen molar-refractivity contribution in [1.82, 2.24) is 0 Å². The standard InChI is InChI=1S/C24H25ClO6/c1-5-28-17-11-8-15(9-12-17)24(26)31-21-18-13-10-16(25)14-19(18)20(27-4)22(29-6-2)23(21)30-7-3/h8-14H,5-7H2,1-4H3. The fourth-order valence-corrected chi connectivity index (χ4v) is 3.39. The van der Waals surface area contributed by atoms with Crippen LogP contribution in [0, 0.1) is 0 Å². The van der Waals surface area contributed by atoms with Crippen molar-refractivity contribution < 1.29 is 28.5 Å². The number of halogens is 1. The fourth-order valence-electron chi connectivity index (χ4n) is 3.21. The second-order valence-corrected chi connectivity index (χ2v) is 6.86. The molecule has 0 N–H and O–H groups in total. The summed E-state index contributed by atoms with van der Waals surface area (Å²) in [6.45, 7) is 6.84. The molecule has 0 aliphatic carbocycles. The third kappa shape index (κ3) is 4.80. The fraction of sp³-hybridized carbons (Fsp3) is 0.292. The normalized spacial score (nSPS) is 10.6. The van der Waals surface area contributed by atoms with E-state index < -0.39 is 5.97 Å². The largest absolute Gasteiger partial charge is 0.494 e. The van der Waals surface area contributed by atoms with Crippen molar-refractivity contribution in [3.8, 4) is 28.7 Å². The van der Waals surface area contributed by atoms with Crippen molar-refractivity contribution in [2.45, 2.75) is 20.8 Å². The van der Waals surface area contributed by atoms with Crippen LogP contribution in [0.25, 0.3) is 10.8 Å². The van der Waals surface area contributed by atoms with Gasteiger partial charge in [0.25, 0.3) is 0 Å². The monoisotopic (exact) mass is 444 g/mol. The Morgan fingerprint density at radius 2 is 1.39 bits per heavy atom. The van der Waals surface area contributed by atoms with Gasteiger partial charge in [-0.15, -0.1) is 0 Å². The van der Waals surface area contributed by atoms with Crippen molar-refractivity contribution >= 4 is 28.3 Å². The molecule has 0 heterocycles. The molecule has 0 bridgehead atoms. The average molecular weight is 445 g/mol. The SMILES string of the molecule is CCOc1ccc(C(=O)Oc2c(OCC)c(OCC)c(OC)c3cc(Cl)ccc23)cc1. The first kappa shape index (κ1) is 22.6. The number of methoxy groups -OCH3 is 1. The zero-order valence-electron chi connectivity index (χ0n) is 18.0. The maximum Gasteiger partial charge on any atom is 0.343 e. The number of benzene rings is 3. The molecule has 3 aromatic carbocycles.